The summed E-state index contributed by atoms with van der Waals surface area (Å²) in [5, 5.41) is 0.844. The molecule has 0 amide bonds. The number of ether oxygens (including phenoxy) is 2. The molecule has 5 heteroatoms. The van der Waals surface area contributed by atoms with E-state index >= 15 is 0 Å². The van der Waals surface area contributed by atoms with E-state index < -0.39 is 5.97 Å². The molecule has 0 aliphatic rings. The number of aromatic nitrogens is 2. The Morgan fingerprint density at radius 2 is 2.27 bits per heavy atom. The van der Waals surface area contributed by atoms with Crippen molar-refractivity contribution in [2.75, 3.05) is 14.2 Å². The average molecular weight is 206 g/mol. The molecular formula is C10H10N2O3. The Balaban J connectivity index is 2.74. The van der Waals surface area contributed by atoms with Gasteiger partial charge in [-0.25, -0.2) is 9.78 Å². The molecular weight excluding hydrogens is 196 g/mol. The van der Waals surface area contributed by atoms with Crippen LogP contribution in [0.4, 0.5) is 0 Å². The quantitative estimate of drug-likeness (QED) is 0.753. The maximum Gasteiger partial charge on any atom is 0.345 e. The van der Waals surface area contributed by atoms with Gasteiger partial charge in [-0.05, 0) is 6.07 Å². The van der Waals surface area contributed by atoms with Gasteiger partial charge in [0, 0.05) is 17.8 Å². The van der Waals surface area contributed by atoms with Gasteiger partial charge in [-0.3, -0.25) is 0 Å². The second-order valence-corrected chi connectivity index (χ2v) is 2.94. The maximum atomic E-state index is 11.5. The first-order valence-electron chi connectivity index (χ1n) is 4.36. The second-order valence-electron chi connectivity index (χ2n) is 2.94. The highest BCUT2D eigenvalue weighted by atomic mass is 16.5. The van der Waals surface area contributed by atoms with Crippen LogP contribution in [0.1, 0.15) is 10.4 Å². The molecule has 0 radical (unpaired) electrons. The van der Waals surface area contributed by atoms with Crippen molar-refractivity contribution in [1.82, 2.24) is 9.97 Å². The molecule has 15 heavy (non-hydrogen) atoms. The lowest BCUT2D eigenvalue weighted by molar-refractivity contribution is 0.0598. The summed E-state index contributed by atoms with van der Waals surface area (Å²) in [6, 6.07) is 1.83. The Morgan fingerprint density at radius 3 is 2.93 bits per heavy atom. The van der Waals surface area contributed by atoms with Crippen LogP contribution in [-0.4, -0.2) is 30.2 Å². The Labute approximate surface area is 86.0 Å². The fourth-order valence-electron chi connectivity index (χ4n) is 1.45. The van der Waals surface area contributed by atoms with Gasteiger partial charge in [0.15, 0.2) is 0 Å². The van der Waals surface area contributed by atoms with E-state index in [1.165, 1.54) is 14.2 Å². The molecule has 1 N–H and O–H groups in total. The minimum Gasteiger partial charge on any atom is -0.480 e. The molecule has 0 fully saturated rings. The number of hydrogen-bond donors (Lipinski definition) is 1. The van der Waals surface area contributed by atoms with Crippen LogP contribution in [0.5, 0.6) is 5.88 Å². The number of nitrogens with zero attached hydrogens (tertiary/aromatic N) is 1. The molecule has 0 aliphatic heterocycles. The minimum atomic E-state index is -0.465. The Morgan fingerprint density at radius 1 is 1.47 bits per heavy atom. The number of hydrogen-bond acceptors (Lipinski definition) is 4. The third-order valence-corrected chi connectivity index (χ3v) is 2.15. The number of esters is 1. The number of aromatic amines is 1. The molecule has 2 heterocycles. The van der Waals surface area contributed by atoms with E-state index in [1.807, 2.05) is 6.07 Å². The summed E-state index contributed by atoms with van der Waals surface area (Å²) in [6.07, 6.45) is 3.37. The summed E-state index contributed by atoms with van der Waals surface area (Å²) >= 11 is 0. The van der Waals surface area contributed by atoms with Crippen LogP contribution in [-0.2, 0) is 4.74 Å². The maximum absolute atomic E-state index is 11.5. The Hall–Kier alpha value is -2.04. The van der Waals surface area contributed by atoms with Crippen molar-refractivity contribution in [2.24, 2.45) is 0 Å². The Bertz CT molecular complexity index is 504. The van der Waals surface area contributed by atoms with E-state index in [2.05, 4.69) is 14.7 Å². The van der Waals surface area contributed by atoms with Crippen molar-refractivity contribution in [3.63, 3.8) is 0 Å². The average Bonchev–Trinajstić information content (AvgIpc) is 2.74. The van der Waals surface area contributed by atoms with Crippen LogP contribution >= 0.6 is 0 Å². The monoisotopic (exact) mass is 206 g/mol. The van der Waals surface area contributed by atoms with E-state index in [1.54, 1.807) is 12.4 Å². The standard InChI is InChI=1S/C10H10N2O3/c1-14-9-7(10(13)15-2)8-6(5-12-9)3-4-11-8/h3-5,11H,1-2H3. The lowest BCUT2D eigenvalue weighted by Crippen LogP contribution is -2.06. The van der Waals surface area contributed by atoms with Crippen molar-refractivity contribution < 1.29 is 14.3 Å². The first-order chi connectivity index (χ1) is 7.27. The molecule has 0 atom stereocenters. The number of methoxy groups -OCH3 is 2. The van der Waals surface area contributed by atoms with Crippen LogP contribution in [0.2, 0.25) is 0 Å². The second kappa shape index (κ2) is 3.61. The first kappa shape index (κ1) is 9.51. The van der Waals surface area contributed by atoms with Crippen LogP contribution < -0.4 is 4.74 Å². The van der Waals surface area contributed by atoms with Gasteiger partial charge in [-0.15, -0.1) is 0 Å². The van der Waals surface area contributed by atoms with Gasteiger partial charge in [0.05, 0.1) is 19.7 Å². The summed E-state index contributed by atoms with van der Waals surface area (Å²) in [4.78, 5) is 18.5. The number of carbonyl (C=O) groups excluding carboxylic acids is 1. The van der Waals surface area contributed by atoms with E-state index in [-0.39, 0.29) is 5.88 Å². The smallest absolute Gasteiger partial charge is 0.345 e. The van der Waals surface area contributed by atoms with Crippen molar-refractivity contribution in [3.8, 4) is 5.88 Å². The zero-order valence-electron chi connectivity index (χ0n) is 8.40. The number of carbonyl (C=O) groups is 1. The van der Waals surface area contributed by atoms with E-state index in [0.29, 0.717) is 11.1 Å². The highest BCUT2D eigenvalue weighted by molar-refractivity contribution is 6.04. The SMILES string of the molecule is COC(=O)c1c(OC)ncc2cc[nH]c12. The molecule has 2 aromatic heterocycles. The van der Waals surface area contributed by atoms with Crippen LogP contribution in [0, 0.1) is 0 Å². The highest BCUT2D eigenvalue weighted by Crippen LogP contribution is 2.24. The molecule has 0 unspecified atom stereocenters. The molecule has 0 bridgehead atoms. The summed E-state index contributed by atoms with van der Waals surface area (Å²) < 4.78 is 9.69. The zero-order valence-corrected chi connectivity index (χ0v) is 8.40. The van der Waals surface area contributed by atoms with Crippen molar-refractivity contribution in [3.05, 3.63) is 24.0 Å². The fourth-order valence-corrected chi connectivity index (χ4v) is 1.45. The van der Waals surface area contributed by atoms with Crippen molar-refractivity contribution in [2.45, 2.75) is 0 Å². The largest absolute Gasteiger partial charge is 0.480 e. The van der Waals surface area contributed by atoms with Gasteiger partial charge in [-0.2, -0.15) is 0 Å². The molecule has 0 spiro atoms. The molecule has 0 aliphatic carbocycles. The van der Waals surface area contributed by atoms with Gasteiger partial charge < -0.3 is 14.5 Å². The number of fused-ring (bicyclic) bond motifs is 1. The molecule has 0 aromatic carbocycles. The van der Waals surface area contributed by atoms with E-state index in [9.17, 15) is 4.79 Å². The Kier molecular flexibility index (Phi) is 2.29. The third kappa shape index (κ3) is 1.41. The number of nitrogens with one attached hydrogen (secondary N) is 1. The van der Waals surface area contributed by atoms with Crippen LogP contribution in [0.25, 0.3) is 10.9 Å². The molecule has 0 saturated heterocycles. The first-order valence-corrected chi connectivity index (χ1v) is 4.36. The van der Waals surface area contributed by atoms with Gasteiger partial charge in [0.25, 0.3) is 0 Å². The third-order valence-electron chi connectivity index (χ3n) is 2.15. The molecule has 0 saturated carbocycles. The topological polar surface area (TPSA) is 64.2 Å². The van der Waals surface area contributed by atoms with Crippen molar-refractivity contribution in [1.29, 1.82) is 0 Å². The van der Waals surface area contributed by atoms with Gasteiger partial charge in [0.1, 0.15) is 5.56 Å². The zero-order chi connectivity index (χ0) is 10.8. The molecule has 2 rings (SSSR count). The van der Waals surface area contributed by atoms with Gasteiger partial charge >= 0.3 is 5.97 Å². The summed E-state index contributed by atoms with van der Waals surface area (Å²) in [6.45, 7) is 0. The lowest BCUT2D eigenvalue weighted by Gasteiger charge is -2.06. The predicted octanol–water partition coefficient (Wildman–Crippen LogP) is 1.36. The number of rotatable bonds is 2. The number of pyridine rings is 1. The summed E-state index contributed by atoms with van der Waals surface area (Å²) in [5.41, 5.74) is 0.996. The lowest BCUT2D eigenvalue weighted by atomic mass is 10.2. The summed E-state index contributed by atoms with van der Waals surface area (Å²) in [5.74, 6) is -0.204. The minimum absolute atomic E-state index is 0.261. The summed E-state index contributed by atoms with van der Waals surface area (Å²) in [7, 11) is 2.78. The van der Waals surface area contributed by atoms with Crippen LogP contribution in [0.15, 0.2) is 18.5 Å². The molecule has 2 aromatic rings. The van der Waals surface area contributed by atoms with Crippen LogP contribution in [0.3, 0.4) is 0 Å². The fraction of sp³-hybridized carbons (Fsp3) is 0.200. The highest BCUT2D eigenvalue weighted by Gasteiger charge is 2.18. The van der Waals surface area contributed by atoms with Gasteiger partial charge in [-0.1, -0.05) is 0 Å². The van der Waals surface area contributed by atoms with Crippen molar-refractivity contribution >= 4 is 16.9 Å². The number of H-pyrrole nitrogens is 1. The van der Waals surface area contributed by atoms with Gasteiger partial charge in [0.2, 0.25) is 5.88 Å². The molecule has 78 valence electrons. The normalized spacial score (nSPS) is 10.3. The van der Waals surface area contributed by atoms with E-state index in [4.69, 9.17) is 4.74 Å². The van der Waals surface area contributed by atoms with E-state index in [0.717, 1.165) is 5.39 Å². The predicted molar refractivity (Wildman–Crippen MR) is 54.0 cm³/mol. The molecule has 5 nitrogen and oxygen atoms in total.